The lowest BCUT2D eigenvalue weighted by atomic mass is 10.0. The van der Waals surface area contributed by atoms with Gasteiger partial charge in [-0.25, -0.2) is 24.9 Å². The number of rotatable bonds is 9. The quantitative estimate of drug-likeness (QED) is 0.142. The highest BCUT2D eigenvalue weighted by Gasteiger charge is 2.23. The molecule has 0 spiro atoms. The van der Waals surface area contributed by atoms with Gasteiger partial charge in [-0.3, -0.25) is 0 Å². The Balaban J connectivity index is 1.18. The van der Waals surface area contributed by atoms with E-state index in [2.05, 4.69) is 95.6 Å². The van der Waals surface area contributed by atoms with Crippen molar-refractivity contribution in [3.05, 3.63) is 242 Å². The third-order valence-corrected chi connectivity index (χ3v) is 12.7. The van der Waals surface area contributed by atoms with Gasteiger partial charge in [0.1, 0.15) is 0 Å². The van der Waals surface area contributed by atoms with E-state index < -0.39 is 0 Å². The van der Waals surface area contributed by atoms with Crippen LogP contribution in [0.3, 0.4) is 0 Å². The maximum Gasteiger partial charge on any atom is 0.166 e. The minimum Gasteiger partial charge on any atom is -0.308 e. The summed E-state index contributed by atoms with van der Waals surface area (Å²) >= 11 is 0. The highest BCUT2D eigenvalue weighted by Crippen LogP contribution is 2.41. The molecule has 12 rings (SSSR count). The fourth-order valence-electron chi connectivity index (χ4n) is 9.24. The van der Waals surface area contributed by atoms with E-state index in [4.69, 9.17) is 24.9 Å². The van der Waals surface area contributed by atoms with Crippen LogP contribution in [0.4, 0.5) is 0 Å². The summed E-state index contributed by atoms with van der Waals surface area (Å²) in [6.07, 6.45) is 0. The van der Waals surface area contributed by atoms with Gasteiger partial charge in [0.25, 0.3) is 0 Å². The Morgan fingerprint density at radius 2 is 0.690 bits per heavy atom. The minimum absolute atomic E-state index is 0.461. The Bertz CT molecular complexity index is 3830. The Labute approximate surface area is 409 Å². The molecule has 0 saturated heterocycles. The van der Waals surface area contributed by atoms with Crippen LogP contribution in [0.1, 0.15) is 11.1 Å². The van der Waals surface area contributed by atoms with Gasteiger partial charge in [0.15, 0.2) is 23.3 Å². The van der Waals surface area contributed by atoms with Gasteiger partial charge in [-0.1, -0.05) is 170 Å². The predicted octanol–water partition coefficient (Wildman–Crippen LogP) is 14.8. The third kappa shape index (κ3) is 8.14. The Morgan fingerprint density at radius 3 is 1.15 bits per heavy atom. The van der Waals surface area contributed by atoms with Gasteiger partial charge in [0.05, 0.1) is 51.4 Å². The van der Waals surface area contributed by atoms with Crippen molar-refractivity contribution in [1.29, 1.82) is 10.5 Å². The van der Waals surface area contributed by atoms with E-state index in [-0.39, 0.29) is 0 Å². The first-order chi connectivity index (χ1) is 35.1. The summed E-state index contributed by atoms with van der Waals surface area (Å²) in [5.74, 6) is 2.06. The molecular weight excluding hydrogens is 869 g/mol. The van der Waals surface area contributed by atoms with Crippen LogP contribution < -0.4 is 0 Å². The van der Waals surface area contributed by atoms with Crippen molar-refractivity contribution in [2.45, 2.75) is 0 Å². The molecule has 0 amide bonds. The molecule has 0 bridgehead atoms. The lowest BCUT2D eigenvalue weighted by Crippen LogP contribution is -2.04. The zero-order valence-corrected chi connectivity index (χ0v) is 38.0. The SMILES string of the molecule is N#Cc1cccc(-c2ccc3c4ccc(-c5cccc(C#N)c5)cc4n(-c4ccc(-c5nc(-c6ccccc6)cc(-c6ccccc6)n5)cc4-c4nc(-c5ccccc5)nc(-c5ccccc5)n4)c3c2)c1. The van der Waals surface area contributed by atoms with Gasteiger partial charge in [-0.2, -0.15) is 10.5 Å². The van der Waals surface area contributed by atoms with Crippen molar-refractivity contribution < 1.29 is 0 Å². The van der Waals surface area contributed by atoms with Gasteiger partial charge < -0.3 is 4.57 Å². The van der Waals surface area contributed by atoms with Gasteiger partial charge in [0.2, 0.25) is 0 Å². The number of hydrogen-bond donors (Lipinski definition) is 0. The summed E-state index contributed by atoms with van der Waals surface area (Å²) in [5.41, 5.74) is 14.3. The van der Waals surface area contributed by atoms with Crippen LogP contribution in [0.25, 0.3) is 118 Å². The first-order valence-electron chi connectivity index (χ1n) is 23.2. The molecule has 3 heterocycles. The molecule has 0 fully saturated rings. The van der Waals surface area contributed by atoms with E-state index in [0.29, 0.717) is 34.4 Å². The summed E-state index contributed by atoms with van der Waals surface area (Å²) in [6.45, 7) is 0. The standard InChI is InChI=1S/C63H38N8/c64-39-41-15-13-25-47(33-41)49-27-30-52-53-31-28-50(48-26-14-16-42(34-48)40-65)37-59(53)71(58(52)36-49)57-32-29-51(62-66-55(43-17-5-1-6-18-43)38-56(67-62)44-19-7-2-8-20-44)35-54(57)63-69-60(45-21-9-3-10-22-45)68-61(70-63)46-23-11-4-12-24-46/h1-38H. The van der Waals surface area contributed by atoms with Crippen molar-refractivity contribution in [2.75, 3.05) is 0 Å². The number of hydrogen-bond acceptors (Lipinski definition) is 7. The Kier molecular flexibility index (Phi) is 10.8. The van der Waals surface area contributed by atoms with Crippen molar-refractivity contribution in [2.24, 2.45) is 0 Å². The molecule has 8 heteroatoms. The third-order valence-electron chi connectivity index (χ3n) is 12.7. The number of nitrogens with zero attached hydrogens (tertiary/aromatic N) is 8. The summed E-state index contributed by atoms with van der Waals surface area (Å²) in [4.78, 5) is 26.3. The molecule has 0 aliphatic carbocycles. The molecule has 0 N–H and O–H groups in total. The maximum atomic E-state index is 9.90. The zero-order chi connectivity index (χ0) is 47.7. The normalized spacial score (nSPS) is 11.1. The number of fused-ring (bicyclic) bond motifs is 3. The second-order valence-electron chi connectivity index (χ2n) is 17.1. The van der Waals surface area contributed by atoms with Crippen molar-refractivity contribution >= 4 is 21.8 Å². The van der Waals surface area contributed by atoms with Crippen LogP contribution in [-0.4, -0.2) is 29.5 Å². The molecule has 71 heavy (non-hydrogen) atoms. The van der Waals surface area contributed by atoms with Crippen LogP contribution in [0.15, 0.2) is 231 Å². The number of nitriles is 2. The second kappa shape index (κ2) is 18.2. The summed E-state index contributed by atoms with van der Waals surface area (Å²) in [7, 11) is 0. The Hall–Kier alpha value is -10.2. The highest BCUT2D eigenvalue weighted by molar-refractivity contribution is 6.11. The van der Waals surface area contributed by atoms with Crippen LogP contribution in [0.5, 0.6) is 0 Å². The lowest BCUT2D eigenvalue weighted by molar-refractivity contribution is 1.06. The first kappa shape index (κ1) is 42.2. The van der Waals surface area contributed by atoms with Crippen LogP contribution in [0, 0.1) is 22.7 Å². The largest absolute Gasteiger partial charge is 0.308 e. The van der Waals surface area contributed by atoms with Gasteiger partial charge in [-0.05, 0) is 82.9 Å². The molecule has 0 aliphatic heterocycles. The summed E-state index contributed by atoms with van der Waals surface area (Å²) in [5, 5.41) is 21.9. The molecule has 0 saturated carbocycles. The minimum atomic E-state index is 0.461. The van der Waals surface area contributed by atoms with Gasteiger partial charge in [0, 0.05) is 44.2 Å². The monoisotopic (exact) mass is 906 g/mol. The fraction of sp³-hybridized carbons (Fsp3) is 0. The van der Waals surface area contributed by atoms with Gasteiger partial charge >= 0.3 is 0 Å². The van der Waals surface area contributed by atoms with Crippen molar-refractivity contribution in [3.63, 3.8) is 0 Å². The molecule has 12 aromatic rings. The average Bonchev–Trinajstić information content (AvgIpc) is 3.78. The van der Waals surface area contributed by atoms with Crippen LogP contribution >= 0.6 is 0 Å². The first-order valence-corrected chi connectivity index (χ1v) is 23.2. The van der Waals surface area contributed by atoms with E-state index in [0.717, 1.165) is 94.5 Å². The summed E-state index contributed by atoms with van der Waals surface area (Å²) < 4.78 is 2.28. The molecular formula is C63H38N8. The van der Waals surface area contributed by atoms with E-state index in [1.807, 2.05) is 152 Å². The fourth-order valence-corrected chi connectivity index (χ4v) is 9.24. The molecule has 3 aromatic heterocycles. The van der Waals surface area contributed by atoms with Crippen LogP contribution in [0.2, 0.25) is 0 Å². The smallest absolute Gasteiger partial charge is 0.166 e. The predicted molar refractivity (Wildman–Crippen MR) is 283 cm³/mol. The molecule has 9 aromatic carbocycles. The molecule has 330 valence electrons. The molecule has 0 atom stereocenters. The average molecular weight is 907 g/mol. The number of benzene rings is 9. The van der Waals surface area contributed by atoms with Crippen molar-refractivity contribution in [1.82, 2.24) is 29.5 Å². The van der Waals surface area contributed by atoms with E-state index >= 15 is 0 Å². The van der Waals surface area contributed by atoms with Crippen molar-refractivity contribution in [3.8, 4) is 108 Å². The van der Waals surface area contributed by atoms with E-state index in [1.54, 1.807) is 0 Å². The summed E-state index contributed by atoms with van der Waals surface area (Å²) in [6, 6.07) is 81.5. The molecule has 0 unspecified atom stereocenters. The Morgan fingerprint density at radius 1 is 0.296 bits per heavy atom. The van der Waals surface area contributed by atoms with E-state index in [1.165, 1.54) is 0 Å². The topological polar surface area (TPSA) is 117 Å². The second-order valence-corrected chi connectivity index (χ2v) is 17.1. The lowest BCUT2D eigenvalue weighted by Gasteiger charge is -2.17. The molecule has 8 nitrogen and oxygen atoms in total. The van der Waals surface area contributed by atoms with Gasteiger partial charge in [-0.15, -0.1) is 0 Å². The molecule has 0 radical (unpaired) electrons. The maximum absolute atomic E-state index is 9.90. The zero-order valence-electron chi connectivity index (χ0n) is 38.0. The molecule has 0 aliphatic rings. The number of aromatic nitrogens is 6. The van der Waals surface area contributed by atoms with E-state index in [9.17, 15) is 10.5 Å². The van der Waals surface area contributed by atoms with Crippen LogP contribution in [-0.2, 0) is 0 Å². The highest BCUT2D eigenvalue weighted by atomic mass is 15.1.